The van der Waals surface area contributed by atoms with Crippen molar-refractivity contribution in [3.63, 3.8) is 0 Å². The Balaban J connectivity index is 2.41. The number of ketones is 1. The topological polar surface area (TPSA) is 17.1 Å². The number of hydrogen-bond acceptors (Lipinski definition) is 1. The molecule has 1 saturated carbocycles. The number of rotatable bonds is 0. The molecule has 2 bridgehead atoms. The molecule has 3 rings (SSSR count). The zero-order valence-electron chi connectivity index (χ0n) is 7.35. The van der Waals surface area contributed by atoms with E-state index in [1.54, 1.807) is 0 Å². The SMILES string of the molecule is CC1=CCC2C(=O)C1C2(C)C. The van der Waals surface area contributed by atoms with E-state index in [4.69, 9.17) is 0 Å². The summed E-state index contributed by atoms with van der Waals surface area (Å²) in [6.07, 6.45) is 3.20. The lowest BCUT2D eigenvalue weighted by molar-refractivity contribution is -0.150. The summed E-state index contributed by atoms with van der Waals surface area (Å²) in [5.41, 5.74) is 1.55. The lowest BCUT2D eigenvalue weighted by Gasteiger charge is -2.53. The van der Waals surface area contributed by atoms with Gasteiger partial charge in [-0.1, -0.05) is 25.5 Å². The van der Waals surface area contributed by atoms with Gasteiger partial charge in [-0.25, -0.2) is 0 Å². The third kappa shape index (κ3) is 0.640. The van der Waals surface area contributed by atoms with Crippen LogP contribution in [0.1, 0.15) is 27.2 Å². The summed E-state index contributed by atoms with van der Waals surface area (Å²) in [6.45, 7) is 6.50. The third-order valence-electron chi connectivity index (χ3n) is 3.40. The minimum atomic E-state index is 0.251. The van der Waals surface area contributed by atoms with Gasteiger partial charge in [0.1, 0.15) is 5.78 Å². The highest BCUT2D eigenvalue weighted by Gasteiger charge is 2.57. The monoisotopic (exact) mass is 150 g/mol. The van der Waals surface area contributed by atoms with Gasteiger partial charge in [0.25, 0.3) is 0 Å². The van der Waals surface area contributed by atoms with E-state index in [9.17, 15) is 4.79 Å². The average molecular weight is 150 g/mol. The molecular weight excluding hydrogens is 136 g/mol. The van der Waals surface area contributed by atoms with Crippen LogP contribution in [0.15, 0.2) is 11.6 Å². The van der Waals surface area contributed by atoms with Crippen LogP contribution in [0.4, 0.5) is 0 Å². The standard InChI is InChI=1S/C10H14O/c1-6-4-5-7-9(11)8(6)10(7,2)3/h4,7-8H,5H2,1-3H3. The molecule has 0 aromatic rings. The number of carbonyl (C=O) groups is 1. The van der Waals surface area contributed by atoms with Crippen LogP contribution in [0, 0.1) is 17.3 Å². The van der Waals surface area contributed by atoms with Crippen LogP contribution in [-0.4, -0.2) is 5.78 Å². The molecular formula is C10H14O. The molecule has 0 aliphatic heterocycles. The molecule has 0 radical (unpaired) electrons. The zero-order chi connectivity index (χ0) is 8.22. The first-order valence-electron chi connectivity index (χ1n) is 4.25. The molecule has 0 aromatic heterocycles. The van der Waals surface area contributed by atoms with Gasteiger partial charge in [-0.05, 0) is 18.8 Å². The smallest absolute Gasteiger partial charge is 0.144 e. The summed E-state index contributed by atoms with van der Waals surface area (Å²) >= 11 is 0. The second kappa shape index (κ2) is 1.77. The first kappa shape index (κ1) is 7.08. The van der Waals surface area contributed by atoms with E-state index in [2.05, 4.69) is 26.8 Å². The molecule has 11 heavy (non-hydrogen) atoms. The van der Waals surface area contributed by atoms with Crippen LogP contribution in [0.3, 0.4) is 0 Å². The molecule has 0 N–H and O–H groups in total. The summed E-state index contributed by atoms with van der Waals surface area (Å²) in [4.78, 5) is 11.4. The molecule has 0 saturated heterocycles. The van der Waals surface area contributed by atoms with Gasteiger partial charge in [-0.15, -0.1) is 0 Å². The highest BCUT2D eigenvalue weighted by molar-refractivity contribution is 5.95. The maximum Gasteiger partial charge on any atom is 0.144 e. The van der Waals surface area contributed by atoms with Gasteiger partial charge < -0.3 is 0 Å². The lowest BCUT2D eigenvalue weighted by Crippen LogP contribution is -2.56. The van der Waals surface area contributed by atoms with Crippen LogP contribution in [0.5, 0.6) is 0 Å². The summed E-state index contributed by atoms with van der Waals surface area (Å²) in [6, 6.07) is 0. The largest absolute Gasteiger partial charge is 0.299 e. The van der Waals surface area contributed by atoms with E-state index in [-0.39, 0.29) is 11.3 Å². The number of carbonyl (C=O) groups excluding carboxylic acids is 1. The van der Waals surface area contributed by atoms with Crippen LogP contribution in [0.2, 0.25) is 0 Å². The second-order valence-corrected chi connectivity index (χ2v) is 4.39. The number of allylic oxidation sites excluding steroid dienone is 2. The van der Waals surface area contributed by atoms with Crippen molar-refractivity contribution >= 4 is 5.78 Å². The van der Waals surface area contributed by atoms with E-state index < -0.39 is 0 Å². The predicted molar refractivity (Wildman–Crippen MR) is 44.1 cm³/mol. The molecule has 2 atom stereocenters. The second-order valence-electron chi connectivity index (χ2n) is 4.39. The Morgan fingerprint density at radius 1 is 1.55 bits per heavy atom. The minimum absolute atomic E-state index is 0.251. The first-order valence-corrected chi connectivity index (χ1v) is 4.25. The summed E-state index contributed by atoms with van der Waals surface area (Å²) in [7, 11) is 0. The Kier molecular flexibility index (Phi) is 1.14. The van der Waals surface area contributed by atoms with Crippen LogP contribution < -0.4 is 0 Å². The van der Waals surface area contributed by atoms with Crippen molar-refractivity contribution in [2.75, 3.05) is 0 Å². The average Bonchev–Trinajstić information content (AvgIpc) is 1.85. The zero-order valence-corrected chi connectivity index (χ0v) is 7.35. The molecule has 3 aliphatic rings. The maximum atomic E-state index is 11.4. The Bertz CT molecular complexity index is 248. The van der Waals surface area contributed by atoms with Gasteiger partial charge in [-0.2, -0.15) is 0 Å². The van der Waals surface area contributed by atoms with Crippen molar-refractivity contribution < 1.29 is 4.79 Å². The van der Waals surface area contributed by atoms with Crippen LogP contribution in [0.25, 0.3) is 0 Å². The molecule has 0 amide bonds. The fraction of sp³-hybridized carbons (Fsp3) is 0.700. The van der Waals surface area contributed by atoms with Crippen molar-refractivity contribution in [2.24, 2.45) is 17.3 Å². The van der Waals surface area contributed by atoms with Gasteiger partial charge in [0, 0.05) is 11.8 Å². The maximum absolute atomic E-state index is 11.4. The molecule has 1 fully saturated rings. The number of Topliss-reactive ketones (excluding diaryl/α,β-unsaturated/α-hetero) is 1. The van der Waals surface area contributed by atoms with E-state index in [1.807, 2.05) is 0 Å². The molecule has 60 valence electrons. The Hall–Kier alpha value is -0.590. The van der Waals surface area contributed by atoms with Gasteiger partial charge in [0.2, 0.25) is 0 Å². The van der Waals surface area contributed by atoms with Crippen molar-refractivity contribution in [3.05, 3.63) is 11.6 Å². The molecule has 1 heteroatoms. The van der Waals surface area contributed by atoms with Crippen molar-refractivity contribution in [3.8, 4) is 0 Å². The van der Waals surface area contributed by atoms with Crippen LogP contribution >= 0.6 is 0 Å². The quantitative estimate of drug-likeness (QED) is 0.484. The minimum Gasteiger partial charge on any atom is -0.299 e. The summed E-state index contributed by atoms with van der Waals surface area (Å²) in [5.74, 6) is 1.06. The predicted octanol–water partition coefficient (Wildman–Crippen LogP) is 2.18. The van der Waals surface area contributed by atoms with Gasteiger partial charge >= 0.3 is 0 Å². The Morgan fingerprint density at radius 3 is 2.45 bits per heavy atom. The van der Waals surface area contributed by atoms with Crippen molar-refractivity contribution in [1.29, 1.82) is 0 Å². The van der Waals surface area contributed by atoms with Crippen molar-refractivity contribution in [2.45, 2.75) is 27.2 Å². The van der Waals surface area contributed by atoms with E-state index >= 15 is 0 Å². The van der Waals surface area contributed by atoms with E-state index in [1.165, 1.54) is 5.57 Å². The molecule has 3 aliphatic carbocycles. The van der Waals surface area contributed by atoms with Gasteiger partial charge in [-0.3, -0.25) is 4.79 Å². The first-order chi connectivity index (χ1) is 5.05. The summed E-state index contributed by atoms with van der Waals surface area (Å²) in [5, 5.41) is 0. The Labute approximate surface area is 67.5 Å². The molecule has 1 nitrogen and oxygen atoms in total. The van der Waals surface area contributed by atoms with Gasteiger partial charge in [0.05, 0.1) is 0 Å². The van der Waals surface area contributed by atoms with Gasteiger partial charge in [0.15, 0.2) is 0 Å². The highest BCUT2D eigenvalue weighted by atomic mass is 16.1. The fourth-order valence-electron chi connectivity index (χ4n) is 2.69. The molecule has 0 spiro atoms. The van der Waals surface area contributed by atoms with Crippen LogP contribution in [-0.2, 0) is 4.79 Å². The normalized spacial score (nSPS) is 39.5. The summed E-state index contributed by atoms with van der Waals surface area (Å²) < 4.78 is 0. The van der Waals surface area contributed by atoms with Crippen molar-refractivity contribution in [1.82, 2.24) is 0 Å². The Morgan fingerprint density at radius 2 is 2.18 bits per heavy atom. The van der Waals surface area contributed by atoms with E-state index in [0.717, 1.165) is 6.42 Å². The molecule has 2 unspecified atom stereocenters. The van der Waals surface area contributed by atoms with E-state index in [0.29, 0.717) is 11.7 Å². The third-order valence-corrected chi connectivity index (χ3v) is 3.40. The molecule has 0 heterocycles. The lowest BCUT2D eigenvalue weighted by atomic mass is 9.48. The highest BCUT2D eigenvalue weighted by Crippen LogP contribution is 2.56. The number of hydrogen-bond donors (Lipinski definition) is 0. The molecule has 0 aromatic carbocycles. The fourth-order valence-corrected chi connectivity index (χ4v) is 2.69. The number of fused-ring (bicyclic) bond motifs is 1.